The summed E-state index contributed by atoms with van der Waals surface area (Å²) >= 11 is 1.34. The van der Waals surface area contributed by atoms with Gasteiger partial charge in [0.25, 0.3) is 0 Å². The number of hydrogen-bond acceptors (Lipinski definition) is 8. The molecule has 0 aromatic carbocycles. The molecule has 2 amide bonds. The molecule has 0 radical (unpaired) electrons. The normalized spacial score (nSPS) is 20.8. The van der Waals surface area contributed by atoms with E-state index in [1.54, 1.807) is 0 Å². The molecule has 2 saturated heterocycles. The van der Waals surface area contributed by atoms with E-state index in [9.17, 15) is 14.8 Å². The smallest absolute Gasteiger partial charge is 0.233 e. The van der Waals surface area contributed by atoms with Crippen LogP contribution in [0.2, 0.25) is 0 Å². The van der Waals surface area contributed by atoms with Crippen LogP contribution in [0.5, 0.6) is 0 Å². The van der Waals surface area contributed by atoms with Gasteiger partial charge >= 0.3 is 0 Å². The van der Waals surface area contributed by atoms with Crippen LogP contribution in [0.25, 0.3) is 0 Å². The van der Waals surface area contributed by atoms with Gasteiger partial charge in [0.15, 0.2) is 16.8 Å². The van der Waals surface area contributed by atoms with Crippen LogP contribution in [0, 0.1) is 17.7 Å². The van der Waals surface area contributed by atoms with Crippen LogP contribution in [0.3, 0.4) is 0 Å². The fourth-order valence-corrected chi connectivity index (χ4v) is 6.41. The number of aromatic nitrogens is 2. The molecule has 1 aromatic heterocycles. The second kappa shape index (κ2) is 12.0. The lowest BCUT2D eigenvalue weighted by atomic mass is 9.85. The number of thioether (sulfide) groups is 1. The molecule has 9 nitrogen and oxygen atoms in total. The number of carbonyl (C=O) groups excluding carboxylic acids is 2. The zero-order chi connectivity index (χ0) is 25.7. The Hall–Kier alpha value is -1.98. The third-order valence-corrected chi connectivity index (χ3v) is 8.74. The zero-order valence-electron chi connectivity index (χ0n) is 21.4. The molecule has 4 rings (SSSR count). The van der Waals surface area contributed by atoms with Crippen LogP contribution in [0.1, 0.15) is 64.0 Å². The summed E-state index contributed by atoms with van der Waals surface area (Å²) in [5, 5.41) is 13.5. The maximum absolute atomic E-state index is 15.6. The zero-order valence-corrected chi connectivity index (χ0v) is 22.2. The van der Waals surface area contributed by atoms with E-state index in [4.69, 9.17) is 0 Å². The molecule has 2 N–H and O–H groups in total. The molecular formula is C25H39FN6O3S. The molecule has 3 fully saturated rings. The molecule has 1 aromatic rings. The topological polar surface area (TPSA) is 102 Å². The third-order valence-electron chi connectivity index (χ3n) is 8.19. The minimum atomic E-state index is -0.561. The largest absolute Gasteiger partial charge is 0.350 e. The standard InChI is InChI=1S/C25H39FN6O3S/c1-3-25(31-10-6-7-11-31)15-30(16-25)22-21(26)20(28-24(29-22)36-2)13-27-23(34)19(14-32(35)17-33)12-18-8-4-5-9-18/h17-19,35H,3-16H2,1-2H3,(H,27,34)/t19-/m1/s1. The van der Waals surface area contributed by atoms with Crippen molar-refractivity contribution < 1.29 is 19.2 Å². The van der Waals surface area contributed by atoms with Gasteiger partial charge in [-0.2, -0.15) is 0 Å². The monoisotopic (exact) mass is 522 g/mol. The minimum Gasteiger partial charge on any atom is -0.350 e. The Balaban J connectivity index is 1.44. The van der Waals surface area contributed by atoms with Gasteiger partial charge in [-0.25, -0.2) is 19.4 Å². The number of nitrogens with zero attached hydrogens (tertiary/aromatic N) is 5. The number of likely N-dealkylation sites (tertiary alicyclic amines) is 1. The van der Waals surface area contributed by atoms with Crippen molar-refractivity contribution in [1.29, 1.82) is 0 Å². The number of amides is 2. The summed E-state index contributed by atoms with van der Waals surface area (Å²) in [5.74, 6) is -0.674. The Morgan fingerprint density at radius 2 is 1.97 bits per heavy atom. The van der Waals surface area contributed by atoms with E-state index in [1.807, 2.05) is 11.2 Å². The first-order chi connectivity index (χ1) is 17.4. The van der Waals surface area contributed by atoms with E-state index in [1.165, 1.54) is 24.6 Å². The van der Waals surface area contributed by atoms with Crippen LogP contribution >= 0.6 is 11.8 Å². The van der Waals surface area contributed by atoms with E-state index >= 15 is 4.39 Å². The Morgan fingerprint density at radius 1 is 1.28 bits per heavy atom. The lowest BCUT2D eigenvalue weighted by molar-refractivity contribution is -0.155. The van der Waals surface area contributed by atoms with Crippen LogP contribution in [-0.2, 0) is 16.1 Å². The molecule has 36 heavy (non-hydrogen) atoms. The SMILES string of the molecule is CCC1(N2CCCC2)CN(c2nc(SC)nc(CNC(=O)[C@H](CC3CCCC3)CN(O)C=O)c2F)C1. The number of halogens is 1. The quantitative estimate of drug-likeness (QED) is 0.142. The van der Waals surface area contributed by atoms with E-state index in [-0.39, 0.29) is 30.2 Å². The molecule has 1 saturated carbocycles. The van der Waals surface area contributed by atoms with E-state index in [0.717, 1.165) is 58.3 Å². The van der Waals surface area contributed by atoms with Gasteiger partial charge in [0.05, 0.1) is 24.5 Å². The fourth-order valence-electron chi connectivity index (χ4n) is 6.03. The molecule has 0 unspecified atom stereocenters. The molecule has 0 spiro atoms. The van der Waals surface area contributed by atoms with Gasteiger partial charge in [0.1, 0.15) is 5.69 Å². The van der Waals surface area contributed by atoms with Crippen molar-refractivity contribution in [3.8, 4) is 0 Å². The van der Waals surface area contributed by atoms with Crippen molar-refractivity contribution in [2.24, 2.45) is 11.8 Å². The number of rotatable bonds is 12. The van der Waals surface area contributed by atoms with Crippen LogP contribution in [-0.4, -0.2) is 82.0 Å². The summed E-state index contributed by atoms with van der Waals surface area (Å²) in [4.78, 5) is 37.3. The number of carbonyl (C=O) groups is 2. The van der Waals surface area contributed by atoms with Crippen molar-refractivity contribution in [2.75, 3.05) is 43.9 Å². The van der Waals surface area contributed by atoms with Gasteiger partial charge < -0.3 is 10.2 Å². The van der Waals surface area contributed by atoms with Crippen LogP contribution in [0.15, 0.2) is 5.16 Å². The number of nitrogens with one attached hydrogen (secondary N) is 1. The van der Waals surface area contributed by atoms with Gasteiger partial charge in [0, 0.05) is 13.1 Å². The Morgan fingerprint density at radius 3 is 2.58 bits per heavy atom. The molecular weight excluding hydrogens is 483 g/mol. The molecule has 3 heterocycles. The predicted octanol–water partition coefficient (Wildman–Crippen LogP) is 3.06. The first-order valence-electron chi connectivity index (χ1n) is 13.2. The van der Waals surface area contributed by atoms with E-state index in [2.05, 4.69) is 27.1 Å². The minimum absolute atomic E-state index is 0.0691. The Kier molecular flexibility index (Phi) is 9.05. The Bertz CT molecular complexity index is 919. The lowest BCUT2D eigenvalue weighted by Gasteiger charge is -2.55. The summed E-state index contributed by atoms with van der Waals surface area (Å²) in [7, 11) is 0. The summed E-state index contributed by atoms with van der Waals surface area (Å²) in [6, 6.07) is 0. The van der Waals surface area contributed by atoms with Crippen molar-refractivity contribution in [2.45, 2.75) is 75.5 Å². The molecule has 2 aliphatic heterocycles. The first-order valence-corrected chi connectivity index (χ1v) is 14.4. The first kappa shape index (κ1) is 27.1. The van der Waals surface area contributed by atoms with Crippen molar-refractivity contribution >= 4 is 29.9 Å². The average molecular weight is 523 g/mol. The highest BCUT2D eigenvalue weighted by molar-refractivity contribution is 7.98. The molecule has 1 atom stereocenters. The molecule has 0 bridgehead atoms. The number of anilines is 1. The highest BCUT2D eigenvalue weighted by atomic mass is 32.2. The fraction of sp³-hybridized carbons (Fsp3) is 0.760. The maximum atomic E-state index is 15.6. The van der Waals surface area contributed by atoms with Crippen molar-refractivity contribution in [3.63, 3.8) is 0 Å². The Labute approximate surface area is 217 Å². The van der Waals surface area contributed by atoms with Gasteiger partial charge in [0.2, 0.25) is 12.3 Å². The maximum Gasteiger partial charge on any atom is 0.233 e. The molecule has 3 aliphatic rings. The van der Waals surface area contributed by atoms with E-state index < -0.39 is 11.7 Å². The summed E-state index contributed by atoms with van der Waals surface area (Å²) < 4.78 is 15.6. The summed E-state index contributed by atoms with van der Waals surface area (Å²) in [6.45, 7) is 5.71. The second-order valence-electron chi connectivity index (χ2n) is 10.5. The van der Waals surface area contributed by atoms with Gasteiger partial charge in [-0.3, -0.25) is 19.7 Å². The third kappa shape index (κ3) is 5.94. The molecule has 1 aliphatic carbocycles. The molecule has 200 valence electrons. The predicted molar refractivity (Wildman–Crippen MR) is 136 cm³/mol. The lowest BCUT2D eigenvalue weighted by Crippen LogP contribution is -2.70. The van der Waals surface area contributed by atoms with Crippen molar-refractivity contribution in [3.05, 3.63) is 11.5 Å². The van der Waals surface area contributed by atoms with Gasteiger partial charge in [-0.05, 0) is 50.9 Å². The van der Waals surface area contributed by atoms with Gasteiger partial charge in [-0.15, -0.1) is 0 Å². The second-order valence-corrected chi connectivity index (χ2v) is 11.2. The number of hydroxylamine groups is 2. The summed E-state index contributed by atoms with van der Waals surface area (Å²) in [5.41, 5.74) is 0.230. The van der Waals surface area contributed by atoms with Gasteiger partial charge in [-0.1, -0.05) is 44.4 Å². The average Bonchev–Trinajstić information content (AvgIpc) is 3.58. The number of hydrogen-bond donors (Lipinski definition) is 2. The van der Waals surface area contributed by atoms with Crippen molar-refractivity contribution in [1.82, 2.24) is 25.2 Å². The van der Waals surface area contributed by atoms with Crippen LogP contribution in [0.4, 0.5) is 10.2 Å². The highest BCUT2D eigenvalue weighted by Crippen LogP contribution is 2.38. The molecule has 11 heteroatoms. The van der Waals surface area contributed by atoms with Crippen LogP contribution < -0.4 is 10.2 Å². The highest BCUT2D eigenvalue weighted by Gasteiger charge is 2.48. The van der Waals surface area contributed by atoms with E-state index in [0.29, 0.717) is 34.8 Å². The summed E-state index contributed by atoms with van der Waals surface area (Å²) in [6.07, 6.45) is 10.6.